The summed E-state index contributed by atoms with van der Waals surface area (Å²) in [4.78, 5) is 38.5. The van der Waals surface area contributed by atoms with Crippen molar-refractivity contribution in [3.05, 3.63) is 59.8 Å². The van der Waals surface area contributed by atoms with Crippen molar-refractivity contribution in [1.82, 2.24) is 9.47 Å². The van der Waals surface area contributed by atoms with Gasteiger partial charge in [-0.2, -0.15) is 0 Å². The van der Waals surface area contributed by atoms with Crippen molar-refractivity contribution in [3.8, 4) is 0 Å². The molecular weight excluding hydrogens is 360 g/mol. The van der Waals surface area contributed by atoms with Crippen LogP contribution in [0.4, 0.5) is 0 Å². The summed E-state index contributed by atoms with van der Waals surface area (Å²) in [6.45, 7) is 8.35. The highest BCUT2D eigenvalue weighted by Crippen LogP contribution is 2.22. The van der Waals surface area contributed by atoms with Gasteiger partial charge in [-0.15, -0.1) is 6.58 Å². The van der Waals surface area contributed by atoms with Crippen molar-refractivity contribution in [2.75, 3.05) is 13.2 Å². The lowest BCUT2D eigenvalue weighted by Gasteiger charge is -2.14. The summed E-state index contributed by atoms with van der Waals surface area (Å²) in [6.07, 6.45) is 3.39. The van der Waals surface area contributed by atoms with Crippen LogP contribution in [0.15, 0.2) is 41.5 Å². The molecular formula is C21H24N2O5. The highest BCUT2D eigenvalue weighted by atomic mass is 16.5. The third-order valence-electron chi connectivity index (χ3n) is 5.01. The van der Waals surface area contributed by atoms with E-state index in [4.69, 9.17) is 9.15 Å². The molecule has 1 aliphatic heterocycles. The van der Waals surface area contributed by atoms with Crippen molar-refractivity contribution in [2.24, 2.45) is 5.92 Å². The normalized spacial score (nSPS) is 16.4. The van der Waals surface area contributed by atoms with Gasteiger partial charge in [0.15, 0.2) is 6.61 Å². The Labute approximate surface area is 163 Å². The molecule has 0 spiro atoms. The predicted molar refractivity (Wildman–Crippen MR) is 102 cm³/mol. The number of carbonyl (C=O) groups is 3. The summed E-state index contributed by atoms with van der Waals surface area (Å²) in [5.41, 5.74) is 2.30. The number of furan rings is 1. The van der Waals surface area contributed by atoms with Crippen LogP contribution in [0.3, 0.4) is 0 Å². The predicted octanol–water partition coefficient (Wildman–Crippen LogP) is 2.66. The van der Waals surface area contributed by atoms with E-state index in [0.717, 1.165) is 11.4 Å². The molecule has 0 N–H and O–H groups in total. The molecule has 1 atom stereocenters. The van der Waals surface area contributed by atoms with E-state index in [0.29, 0.717) is 24.4 Å². The Morgan fingerprint density at radius 3 is 2.86 bits per heavy atom. The molecule has 1 fully saturated rings. The number of aromatic nitrogens is 1. The molecule has 0 radical (unpaired) electrons. The quantitative estimate of drug-likeness (QED) is 0.397. The Morgan fingerprint density at radius 1 is 1.39 bits per heavy atom. The van der Waals surface area contributed by atoms with Gasteiger partial charge in [0.25, 0.3) is 0 Å². The van der Waals surface area contributed by atoms with Crippen LogP contribution in [-0.2, 0) is 27.4 Å². The molecule has 1 amide bonds. The first-order valence-corrected chi connectivity index (χ1v) is 9.18. The van der Waals surface area contributed by atoms with Crippen molar-refractivity contribution in [2.45, 2.75) is 33.4 Å². The number of allylic oxidation sites excluding steroid dienone is 1. The number of carbonyl (C=O) groups excluding carboxylic acids is 3. The minimum atomic E-state index is -0.566. The number of aryl methyl sites for hydroxylation is 1. The van der Waals surface area contributed by atoms with Gasteiger partial charge in [0.05, 0.1) is 18.7 Å². The van der Waals surface area contributed by atoms with E-state index in [-0.39, 0.29) is 31.3 Å². The van der Waals surface area contributed by atoms with E-state index < -0.39 is 11.9 Å². The second-order valence-corrected chi connectivity index (χ2v) is 6.97. The first-order valence-electron chi connectivity index (χ1n) is 9.18. The van der Waals surface area contributed by atoms with E-state index in [2.05, 4.69) is 6.58 Å². The van der Waals surface area contributed by atoms with Crippen LogP contribution in [0.5, 0.6) is 0 Å². The van der Waals surface area contributed by atoms with Crippen LogP contribution in [0.25, 0.3) is 0 Å². The van der Waals surface area contributed by atoms with Gasteiger partial charge in [-0.05, 0) is 32.0 Å². The number of ether oxygens (including phenoxy) is 1. The van der Waals surface area contributed by atoms with Crippen LogP contribution in [-0.4, -0.2) is 40.3 Å². The Kier molecular flexibility index (Phi) is 5.82. The summed E-state index contributed by atoms with van der Waals surface area (Å²) in [5, 5.41) is 0. The Morgan fingerprint density at radius 2 is 2.18 bits per heavy atom. The summed E-state index contributed by atoms with van der Waals surface area (Å²) < 4.78 is 12.4. The number of hydrogen-bond donors (Lipinski definition) is 0. The fraction of sp³-hybridized carbons (Fsp3) is 0.381. The van der Waals surface area contributed by atoms with E-state index in [1.165, 1.54) is 0 Å². The number of likely N-dealkylation sites (tertiary alicyclic amines) is 1. The summed E-state index contributed by atoms with van der Waals surface area (Å²) >= 11 is 0. The third kappa shape index (κ3) is 4.08. The number of rotatable bonds is 8. The lowest BCUT2D eigenvalue weighted by atomic mass is 10.1. The maximum atomic E-state index is 12.5. The van der Waals surface area contributed by atoms with Gasteiger partial charge in [0, 0.05) is 36.5 Å². The van der Waals surface area contributed by atoms with Crippen molar-refractivity contribution < 1.29 is 23.5 Å². The molecule has 3 rings (SSSR count). The average molecular weight is 384 g/mol. The van der Waals surface area contributed by atoms with Crippen molar-refractivity contribution in [1.29, 1.82) is 0 Å². The Balaban J connectivity index is 1.55. The molecule has 0 unspecified atom stereocenters. The maximum absolute atomic E-state index is 12.5. The number of hydrogen-bond acceptors (Lipinski definition) is 5. The molecule has 0 aliphatic carbocycles. The van der Waals surface area contributed by atoms with E-state index in [9.17, 15) is 14.4 Å². The highest BCUT2D eigenvalue weighted by Gasteiger charge is 2.36. The molecule has 1 saturated heterocycles. The van der Waals surface area contributed by atoms with Crippen molar-refractivity contribution >= 4 is 17.7 Å². The molecule has 7 heteroatoms. The molecule has 0 bridgehead atoms. The molecule has 28 heavy (non-hydrogen) atoms. The summed E-state index contributed by atoms with van der Waals surface area (Å²) in [5.74, 6) is -0.814. The van der Waals surface area contributed by atoms with Crippen molar-refractivity contribution in [3.63, 3.8) is 0 Å². The van der Waals surface area contributed by atoms with Crippen LogP contribution in [0.2, 0.25) is 0 Å². The average Bonchev–Trinajstić information content (AvgIpc) is 3.37. The zero-order valence-electron chi connectivity index (χ0n) is 16.1. The minimum Gasteiger partial charge on any atom is -0.467 e. The number of esters is 1. The highest BCUT2D eigenvalue weighted by molar-refractivity contribution is 5.99. The Hall–Kier alpha value is -3.09. The van der Waals surface area contributed by atoms with Gasteiger partial charge in [-0.25, -0.2) is 0 Å². The number of ketones is 1. The lowest BCUT2D eigenvalue weighted by Crippen LogP contribution is -2.27. The minimum absolute atomic E-state index is 0.0849. The van der Waals surface area contributed by atoms with E-state index in [1.807, 2.05) is 18.4 Å². The first kappa shape index (κ1) is 19.7. The number of Topliss-reactive ketones (excluding diaryl/α,β-unsaturated/α-hetero) is 1. The molecule has 1 aliphatic rings. The van der Waals surface area contributed by atoms with E-state index in [1.54, 1.807) is 35.4 Å². The molecule has 0 aromatic carbocycles. The molecule has 148 valence electrons. The second-order valence-electron chi connectivity index (χ2n) is 6.97. The molecule has 2 aromatic rings. The fourth-order valence-corrected chi connectivity index (χ4v) is 3.50. The molecule has 7 nitrogen and oxygen atoms in total. The number of nitrogens with zero attached hydrogens (tertiary/aromatic N) is 2. The van der Waals surface area contributed by atoms with Gasteiger partial charge in [0.2, 0.25) is 11.7 Å². The van der Waals surface area contributed by atoms with E-state index >= 15 is 0 Å². The van der Waals surface area contributed by atoms with Gasteiger partial charge in [-0.3, -0.25) is 14.4 Å². The van der Waals surface area contributed by atoms with Crippen LogP contribution < -0.4 is 0 Å². The standard InChI is InChI=1S/C21H24N2O5/c1-4-7-23-14(2)9-18(15(23)3)19(24)13-28-21(26)16-10-20(25)22(11-16)12-17-6-5-8-27-17/h4-6,8-9,16H,1,7,10-13H2,2-3H3/t16-/m1/s1. The SMILES string of the molecule is C=CCn1c(C)cc(C(=O)COC(=O)[C@@H]2CC(=O)N(Cc3ccco3)C2)c1C. The van der Waals surface area contributed by atoms with Gasteiger partial charge >= 0.3 is 5.97 Å². The summed E-state index contributed by atoms with van der Waals surface area (Å²) in [6, 6.07) is 5.32. The molecule has 2 aromatic heterocycles. The van der Waals surface area contributed by atoms with Crippen LogP contribution >= 0.6 is 0 Å². The number of amides is 1. The largest absolute Gasteiger partial charge is 0.467 e. The van der Waals surface area contributed by atoms with Gasteiger partial charge < -0.3 is 18.6 Å². The zero-order chi connectivity index (χ0) is 20.3. The van der Waals surface area contributed by atoms with Crippen LogP contribution in [0, 0.1) is 19.8 Å². The monoisotopic (exact) mass is 384 g/mol. The zero-order valence-corrected chi connectivity index (χ0v) is 16.1. The third-order valence-corrected chi connectivity index (χ3v) is 5.01. The summed E-state index contributed by atoms with van der Waals surface area (Å²) in [7, 11) is 0. The molecule has 3 heterocycles. The lowest BCUT2D eigenvalue weighted by molar-refractivity contribution is -0.147. The fourth-order valence-electron chi connectivity index (χ4n) is 3.50. The maximum Gasteiger partial charge on any atom is 0.311 e. The topological polar surface area (TPSA) is 81.8 Å². The second kappa shape index (κ2) is 8.29. The Bertz CT molecular complexity index is 894. The first-order chi connectivity index (χ1) is 13.4. The smallest absolute Gasteiger partial charge is 0.311 e. The van der Waals surface area contributed by atoms with Gasteiger partial charge in [-0.1, -0.05) is 6.08 Å². The van der Waals surface area contributed by atoms with Gasteiger partial charge in [0.1, 0.15) is 5.76 Å². The molecule has 0 saturated carbocycles. The van der Waals surface area contributed by atoms with Crippen LogP contribution in [0.1, 0.15) is 33.9 Å².